The second-order valence-corrected chi connectivity index (χ2v) is 7.96. The fourth-order valence-corrected chi connectivity index (χ4v) is 3.49. The molecule has 0 fully saturated rings. The third-order valence-electron chi connectivity index (χ3n) is 3.75. The van der Waals surface area contributed by atoms with Crippen molar-refractivity contribution in [3.63, 3.8) is 0 Å². The van der Waals surface area contributed by atoms with Crippen LogP contribution in [-0.2, 0) is 14.6 Å². The first-order valence-electron chi connectivity index (χ1n) is 8.28. The minimum atomic E-state index is -3.48. The number of sulfone groups is 1. The second kappa shape index (κ2) is 9.15. The number of benzene rings is 2. The van der Waals surface area contributed by atoms with E-state index in [-0.39, 0.29) is 42.0 Å². The van der Waals surface area contributed by atoms with Gasteiger partial charge in [0.15, 0.2) is 9.84 Å². The van der Waals surface area contributed by atoms with Gasteiger partial charge in [0.05, 0.1) is 10.6 Å². The summed E-state index contributed by atoms with van der Waals surface area (Å²) in [5.74, 6) is -0.838. The van der Waals surface area contributed by atoms with Crippen molar-refractivity contribution in [1.29, 1.82) is 0 Å². The molecule has 0 bridgehead atoms. The predicted octanol–water partition coefficient (Wildman–Crippen LogP) is 1.71. The Morgan fingerprint density at radius 3 is 2.15 bits per heavy atom. The zero-order valence-electron chi connectivity index (χ0n) is 14.6. The van der Waals surface area contributed by atoms with Gasteiger partial charge in [-0.25, -0.2) is 8.42 Å². The minimum absolute atomic E-state index is 0.122. The molecular formula is C19H22N2O4S. The Morgan fingerprint density at radius 2 is 1.50 bits per heavy atom. The number of carbonyl (C=O) groups is 2. The molecule has 0 aliphatic carbocycles. The van der Waals surface area contributed by atoms with Gasteiger partial charge in [-0.15, -0.1) is 0 Å². The van der Waals surface area contributed by atoms with Crippen molar-refractivity contribution in [2.24, 2.45) is 0 Å². The van der Waals surface area contributed by atoms with Crippen LogP contribution in [0.2, 0.25) is 0 Å². The normalized spacial score (nSPS) is 11.0. The Morgan fingerprint density at radius 1 is 0.885 bits per heavy atom. The Bertz CT molecular complexity index is 847. The highest BCUT2D eigenvalue weighted by atomic mass is 32.2. The molecule has 138 valence electrons. The summed E-state index contributed by atoms with van der Waals surface area (Å²) < 4.78 is 24.4. The Balaban J connectivity index is 1.70. The number of aryl methyl sites for hydroxylation is 1. The van der Waals surface area contributed by atoms with Crippen LogP contribution in [-0.4, -0.2) is 39.1 Å². The molecule has 0 heterocycles. The number of hydrogen-bond acceptors (Lipinski definition) is 4. The molecule has 2 aromatic rings. The summed E-state index contributed by atoms with van der Waals surface area (Å²) in [7, 11) is -3.48. The molecule has 2 rings (SSSR count). The van der Waals surface area contributed by atoms with Crippen LogP contribution in [0.25, 0.3) is 0 Å². The molecule has 2 amide bonds. The van der Waals surface area contributed by atoms with Crippen LogP contribution in [0.1, 0.15) is 22.3 Å². The second-order valence-electron chi connectivity index (χ2n) is 5.85. The van der Waals surface area contributed by atoms with Gasteiger partial charge in [0.25, 0.3) is 5.91 Å². The molecule has 26 heavy (non-hydrogen) atoms. The van der Waals surface area contributed by atoms with Gasteiger partial charge in [-0.3, -0.25) is 9.59 Å². The number of hydrogen-bond donors (Lipinski definition) is 2. The fourth-order valence-electron chi connectivity index (χ4n) is 2.25. The standard InChI is InChI=1S/C19H22N2O4S/c1-15-7-9-17(10-8-15)26(24,25)14-11-18(22)20-12-13-21-19(23)16-5-3-2-4-6-16/h2-10H,11-14H2,1H3,(H,20,22)(H,21,23). The monoisotopic (exact) mass is 374 g/mol. The third kappa shape index (κ3) is 6.00. The van der Waals surface area contributed by atoms with Crippen LogP contribution in [0.15, 0.2) is 59.5 Å². The van der Waals surface area contributed by atoms with Gasteiger partial charge in [0.1, 0.15) is 0 Å². The van der Waals surface area contributed by atoms with E-state index in [1.807, 2.05) is 13.0 Å². The van der Waals surface area contributed by atoms with Crippen LogP contribution in [0, 0.1) is 6.92 Å². The maximum absolute atomic E-state index is 12.2. The SMILES string of the molecule is Cc1ccc(S(=O)(=O)CCC(=O)NCCNC(=O)c2ccccc2)cc1. The smallest absolute Gasteiger partial charge is 0.251 e. The van der Waals surface area contributed by atoms with Crippen molar-refractivity contribution in [3.8, 4) is 0 Å². The van der Waals surface area contributed by atoms with Gasteiger partial charge in [-0.1, -0.05) is 35.9 Å². The third-order valence-corrected chi connectivity index (χ3v) is 5.48. The first-order chi connectivity index (χ1) is 12.4. The molecule has 2 N–H and O–H groups in total. The first kappa shape index (κ1) is 19.7. The molecule has 0 unspecified atom stereocenters. The van der Waals surface area contributed by atoms with Gasteiger partial charge in [-0.2, -0.15) is 0 Å². The summed E-state index contributed by atoms with van der Waals surface area (Å²) in [5, 5.41) is 5.29. The van der Waals surface area contributed by atoms with Gasteiger partial charge >= 0.3 is 0 Å². The summed E-state index contributed by atoms with van der Waals surface area (Å²) in [6, 6.07) is 15.3. The molecule has 6 nitrogen and oxygen atoms in total. The highest BCUT2D eigenvalue weighted by Crippen LogP contribution is 2.12. The largest absolute Gasteiger partial charge is 0.354 e. The van der Waals surface area contributed by atoms with E-state index in [9.17, 15) is 18.0 Å². The predicted molar refractivity (Wildman–Crippen MR) is 99.6 cm³/mol. The molecule has 0 spiro atoms. The minimum Gasteiger partial charge on any atom is -0.354 e. The topological polar surface area (TPSA) is 92.3 Å². The van der Waals surface area contributed by atoms with Crippen molar-refractivity contribution in [2.75, 3.05) is 18.8 Å². The van der Waals surface area contributed by atoms with Crippen LogP contribution in [0.3, 0.4) is 0 Å². The van der Waals surface area contributed by atoms with Crippen molar-refractivity contribution < 1.29 is 18.0 Å². The molecule has 0 aliphatic heterocycles. The molecule has 0 saturated heterocycles. The van der Waals surface area contributed by atoms with E-state index in [1.165, 1.54) is 0 Å². The summed E-state index contributed by atoms with van der Waals surface area (Å²) in [4.78, 5) is 23.8. The number of nitrogens with one attached hydrogen (secondary N) is 2. The highest BCUT2D eigenvalue weighted by Gasteiger charge is 2.16. The Labute approximate surface area is 153 Å². The van der Waals surface area contributed by atoms with E-state index < -0.39 is 9.84 Å². The van der Waals surface area contributed by atoms with Crippen molar-refractivity contribution in [3.05, 3.63) is 65.7 Å². The van der Waals surface area contributed by atoms with E-state index in [2.05, 4.69) is 10.6 Å². The van der Waals surface area contributed by atoms with Crippen LogP contribution < -0.4 is 10.6 Å². The number of carbonyl (C=O) groups excluding carboxylic acids is 2. The summed E-state index contributed by atoms with van der Waals surface area (Å²) in [5.41, 5.74) is 1.52. The molecular weight excluding hydrogens is 352 g/mol. The molecule has 0 radical (unpaired) electrons. The average molecular weight is 374 g/mol. The van der Waals surface area contributed by atoms with Gasteiger partial charge in [0.2, 0.25) is 5.91 Å². The van der Waals surface area contributed by atoms with Crippen LogP contribution in [0.5, 0.6) is 0 Å². The lowest BCUT2D eigenvalue weighted by molar-refractivity contribution is -0.120. The zero-order valence-corrected chi connectivity index (χ0v) is 15.4. The van der Waals surface area contributed by atoms with Gasteiger partial charge in [0, 0.05) is 25.1 Å². The van der Waals surface area contributed by atoms with Gasteiger partial charge in [-0.05, 0) is 31.2 Å². The quantitative estimate of drug-likeness (QED) is 0.688. The number of amides is 2. The first-order valence-corrected chi connectivity index (χ1v) is 9.93. The average Bonchev–Trinajstić information content (AvgIpc) is 2.64. The van der Waals surface area contributed by atoms with Crippen molar-refractivity contribution in [2.45, 2.75) is 18.2 Å². The van der Waals surface area contributed by atoms with E-state index in [1.54, 1.807) is 48.5 Å². The lowest BCUT2D eigenvalue weighted by Gasteiger charge is -2.08. The molecule has 2 aromatic carbocycles. The molecule has 0 atom stereocenters. The lowest BCUT2D eigenvalue weighted by Crippen LogP contribution is -2.35. The highest BCUT2D eigenvalue weighted by molar-refractivity contribution is 7.91. The van der Waals surface area contributed by atoms with Crippen LogP contribution >= 0.6 is 0 Å². The Hall–Kier alpha value is -2.67. The summed E-state index contributed by atoms with van der Waals surface area (Å²) >= 11 is 0. The molecule has 0 saturated carbocycles. The van der Waals surface area contributed by atoms with E-state index in [0.717, 1.165) is 5.56 Å². The van der Waals surface area contributed by atoms with E-state index in [0.29, 0.717) is 5.56 Å². The maximum Gasteiger partial charge on any atom is 0.251 e. The zero-order chi connectivity index (χ0) is 19.0. The maximum atomic E-state index is 12.2. The molecule has 0 aliphatic rings. The summed E-state index contributed by atoms with van der Waals surface area (Å²) in [6.45, 7) is 2.38. The lowest BCUT2D eigenvalue weighted by atomic mass is 10.2. The summed E-state index contributed by atoms with van der Waals surface area (Å²) in [6.07, 6.45) is -0.122. The van der Waals surface area contributed by atoms with Crippen LogP contribution in [0.4, 0.5) is 0 Å². The molecule has 0 aromatic heterocycles. The van der Waals surface area contributed by atoms with Crippen molar-refractivity contribution >= 4 is 21.7 Å². The fraction of sp³-hybridized carbons (Fsp3) is 0.263. The van der Waals surface area contributed by atoms with E-state index in [4.69, 9.17) is 0 Å². The van der Waals surface area contributed by atoms with Crippen molar-refractivity contribution in [1.82, 2.24) is 10.6 Å². The number of rotatable bonds is 8. The molecule has 7 heteroatoms. The van der Waals surface area contributed by atoms with E-state index >= 15 is 0 Å². The Kier molecular flexibility index (Phi) is 6.91. The van der Waals surface area contributed by atoms with Gasteiger partial charge < -0.3 is 10.6 Å².